The van der Waals surface area contributed by atoms with Gasteiger partial charge in [0.1, 0.15) is 0 Å². The van der Waals surface area contributed by atoms with E-state index in [9.17, 15) is 9.90 Å². The van der Waals surface area contributed by atoms with Crippen molar-refractivity contribution in [2.45, 2.75) is 51.0 Å². The van der Waals surface area contributed by atoms with E-state index >= 15 is 0 Å². The highest BCUT2D eigenvalue weighted by Crippen LogP contribution is 2.60. The lowest BCUT2D eigenvalue weighted by Crippen LogP contribution is -2.47. The average Bonchev–Trinajstić information content (AvgIpc) is 2.97. The summed E-state index contributed by atoms with van der Waals surface area (Å²) >= 11 is 0. The quantitative estimate of drug-likeness (QED) is 0.711. The maximum atomic E-state index is 11.7. The lowest BCUT2D eigenvalue weighted by molar-refractivity contribution is -0.164. The van der Waals surface area contributed by atoms with Crippen LogP contribution in [0.15, 0.2) is 0 Å². The summed E-state index contributed by atoms with van der Waals surface area (Å²) in [5.41, 5.74) is -1.35. The van der Waals surface area contributed by atoms with Crippen molar-refractivity contribution in [3.63, 3.8) is 0 Å². The van der Waals surface area contributed by atoms with E-state index < -0.39 is 11.0 Å². The van der Waals surface area contributed by atoms with E-state index in [4.69, 9.17) is 4.74 Å². The molecule has 0 aromatic rings. The summed E-state index contributed by atoms with van der Waals surface area (Å²) in [5, 5.41) is 10.6. The molecule has 3 heteroatoms. The van der Waals surface area contributed by atoms with E-state index in [2.05, 4.69) is 6.92 Å². The Bertz CT molecular complexity index is 270. The Hall–Kier alpha value is -0.570. The molecule has 0 aliphatic heterocycles. The van der Waals surface area contributed by atoms with Gasteiger partial charge in [0, 0.05) is 0 Å². The minimum atomic E-state index is -0.794. The molecular weight excluding hydrogens is 192 g/mol. The van der Waals surface area contributed by atoms with Crippen LogP contribution in [0, 0.1) is 11.3 Å². The molecule has 1 N–H and O–H groups in total. The third-order valence-electron chi connectivity index (χ3n) is 4.19. The largest absolute Gasteiger partial charge is 0.469 e. The lowest BCUT2D eigenvalue weighted by Gasteiger charge is -2.40. The Morgan fingerprint density at radius 2 is 2.07 bits per heavy atom. The standard InChI is InChI=1S/C12H20O3/c1-9-4-3-5-12(14,8-9)11(6-7-11)10(13)15-2/h9,14H,3-8H2,1-2H3. The van der Waals surface area contributed by atoms with Gasteiger partial charge in [-0.2, -0.15) is 0 Å². The fourth-order valence-corrected chi connectivity index (χ4v) is 3.14. The number of rotatable bonds is 2. The molecule has 2 aliphatic carbocycles. The number of methoxy groups -OCH3 is 1. The minimum absolute atomic E-state index is 0.209. The minimum Gasteiger partial charge on any atom is -0.469 e. The fourth-order valence-electron chi connectivity index (χ4n) is 3.14. The number of carbonyl (C=O) groups excluding carboxylic acids is 1. The number of esters is 1. The molecule has 2 aliphatic rings. The highest BCUT2D eigenvalue weighted by molar-refractivity contribution is 5.81. The van der Waals surface area contributed by atoms with E-state index in [1.165, 1.54) is 13.5 Å². The number of carbonyl (C=O) groups is 1. The smallest absolute Gasteiger partial charge is 0.314 e. The van der Waals surface area contributed by atoms with Gasteiger partial charge in [0.25, 0.3) is 0 Å². The molecule has 0 heterocycles. The maximum Gasteiger partial charge on any atom is 0.314 e. The van der Waals surface area contributed by atoms with E-state index in [0.29, 0.717) is 5.92 Å². The van der Waals surface area contributed by atoms with Crippen molar-refractivity contribution in [2.75, 3.05) is 7.11 Å². The molecule has 86 valence electrons. The zero-order chi connectivity index (χ0) is 11.1. The predicted molar refractivity (Wildman–Crippen MR) is 56.3 cm³/mol. The Balaban J connectivity index is 2.17. The molecule has 0 saturated heterocycles. The van der Waals surface area contributed by atoms with Crippen molar-refractivity contribution in [3.05, 3.63) is 0 Å². The summed E-state index contributed by atoms with van der Waals surface area (Å²) < 4.78 is 4.83. The molecule has 15 heavy (non-hydrogen) atoms. The van der Waals surface area contributed by atoms with E-state index in [-0.39, 0.29) is 5.97 Å². The first-order valence-electron chi connectivity index (χ1n) is 5.85. The van der Waals surface area contributed by atoms with E-state index in [0.717, 1.165) is 32.1 Å². The Morgan fingerprint density at radius 1 is 1.40 bits per heavy atom. The van der Waals surface area contributed by atoms with Crippen LogP contribution in [0.1, 0.15) is 45.4 Å². The number of hydrogen-bond acceptors (Lipinski definition) is 3. The van der Waals surface area contributed by atoms with Gasteiger partial charge in [-0.05, 0) is 31.6 Å². The second-order valence-electron chi connectivity index (χ2n) is 5.31. The molecule has 0 amide bonds. The first kappa shape index (κ1) is 10.9. The highest BCUT2D eigenvalue weighted by Gasteiger charge is 2.65. The van der Waals surface area contributed by atoms with Crippen LogP contribution in [0.3, 0.4) is 0 Å². The Kier molecular flexibility index (Phi) is 2.53. The van der Waals surface area contributed by atoms with Crippen LogP contribution >= 0.6 is 0 Å². The average molecular weight is 212 g/mol. The van der Waals surface area contributed by atoms with Crippen molar-refractivity contribution in [2.24, 2.45) is 11.3 Å². The van der Waals surface area contributed by atoms with Crippen molar-refractivity contribution < 1.29 is 14.6 Å². The molecule has 0 radical (unpaired) electrons. The van der Waals surface area contributed by atoms with Crippen LogP contribution in [0.2, 0.25) is 0 Å². The third-order valence-corrected chi connectivity index (χ3v) is 4.19. The zero-order valence-corrected chi connectivity index (χ0v) is 9.58. The van der Waals surface area contributed by atoms with Gasteiger partial charge >= 0.3 is 5.97 Å². The molecule has 3 nitrogen and oxygen atoms in total. The molecular formula is C12H20O3. The summed E-state index contributed by atoms with van der Waals surface area (Å²) in [7, 11) is 1.41. The van der Waals surface area contributed by atoms with Crippen molar-refractivity contribution >= 4 is 5.97 Å². The van der Waals surface area contributed by atoms with E-state index in [1.54, 1.807) is 0 Å². The second-order valence-corrected chi connectivity index (χ2v) is 5.31. The highest BCUT2D eigenvalue weighted by atomic mass is 16.5. The molecule has 2 saturated carbocycles. The van der Waals surface area contributed by atoms with Crippen LogP contribution < -0.4 is 0 Å². The van der Waals surface area contributed by atoms with Crippen molar-refractivity contribution in [3.8, 4) is 0 Å². The summed E-state index contributed by atoms with van der Waals surface area (Å²) in [6.45, 7) is 2.15. The zero-order valence-electron chi connectivity index (χ0n) is 9.58. The first-order chi connectivity index (χ1) is 7.04. The fraction of sp³-hybridized carbons (Fsp3) is 0.917. The van der Waals surface area contributed by atoms with Gasteiger partial charge in [0.05, 0.1) is 18.1 Å². The molecule has 2 atom stereocenters. The molecule has 2 rings (SSSR count). The normalized spacial score (nSPS) is 38.5. The van der Waals surface area contributed by atoms with Gasteiger partial charge < -0.3 is 9.84 Å². The molecule has 0 spiro atoms. The van der Waals surface area contributed by atoms with Crippen molar-refractivity contribution in [1.29, 1.82) is 0 Å². The van der Waals surface area contributed by atoms with E-state index in [1.807, 2.05) is 0 Å². The summed E-state index contributed by atoms with van der Waals surface area (Å²) in [5.74, 6) is 0.310. The van der Waals surface area contributed by atoms with Gasteiger partial charge in [-0.3, -0.25) is 4.79 Å². The molecule has 0 aromatic carbocycles. The topological polar surface area (TPSA) is 46.5 Å². The molecule has 2 unspecified atom stereocenters. The van der Waals surface area contributed by atoms with Gasteiger partial charge in [-0.15, -0.1) is 0 Å². The van der Waals surface area contributed by atoms with Gasteiger partial charge in [-0.1, -0.05) is 19.8 Å². The second kappa shape index (κ2) is 3.48. The lowest BCUT2D eigenvalue weighted by atomic mass is 9.70. The maximum absolute atomic E-state index is 11.7. The van der Waals surface area contributed by atoms with Crippen molar-refractivity contribution in [1.82, 2.24) is 0 Å². The molecule has 0 bridgehead atoms. The summed E-state index contributed by atoms with van der Waals surface area (Å²) in [6, 6.07) is 0. The number of hydrogen-bond donors (Lipinski definition) is 1. The van der Waals surface area contributed by atoms with Crippen LogP contribution in [0.5, 0.6) is 0 Å². The first-order valence-corrected chi connectivity index (χ1v) is 5.85. The molecule has 0 aromatic heterocycles. The number of aliphatic hydroxyl groups is 1. The number of ether oxygens (including phenoxy) is 1. The Morgan fingerprint density at radius 3 is 2.53 bits per heavy atom. The van der Waals surface area contributed by atoms with Crippen LogP contribution in [0.25, 0.3) is 0 Å². The monoisotopic (exact) mass is 212 g/mol. The predicted octanol–water partition coefficient (Wildman–Crippen LogP) is 1.88. The van der Waals surface area contributed by atoms with Crippen LogP contribution in [-0.2, 0) is 9.53 Å². The third kappa shape index (κ3) is 1.57. The SMILES string of the molecule is COC(=O)C1(C2(O)CCCC(C)C2)CC1. The van der Waals surface area contributed by atoms with Gasteiger partial charge in [0.2, 0.25) is 0 Å². The Labute approximate surface area is 90.8 Å². The van der Waals surface area contributed by atoms with Crippen LogP contribution in [0.4, 0.5) is 0 Å². The molecule has 2 fully saturated rings. The summed E-state index contributed by atoms with van der Waals surface area (Å²) in [4.78, 5) is 11.7. The van der Waals surface area contributed by atoms with Crippen LogP contribution in [-0.4, -0.2) is 23.8 Å². The van der Waals surface area contributed by atoms with Gasteiger partial charge in [0.15, 0.2) is 0 Å². The summed E-state index contributed by atoms with van der Waals surface area (Å²) in [6.07, 6.45) is 5.29. The van der Waals surface area contributed by atoms with Gasteiger partial charge in [-0.25, -0.2) is 0 Å².